The molecule has 57 heavy (non-hydrogen) atoms. The molecule has 3 unspecified atom stereocenters. The first-order valence-electron chi connectivity index (χ1n) is 19.4. The molecule has 0 radical (unpaired) electrons. The standard InChI is InChI=1S/C42H47N5O9S/c1-19-11-22-13-41(51)16-46(5)40(4,30(22)31(49)32(19)52-6)38-36-29-28(35-34(54-18-55-35)20(2)33(29)56-21(3)48)27(47(38)41)15-53-39(50)42(17-57-36)37-25(12-23(14-43)45-42)24-9-7-8-10-26(24)44-37/h7-11,23,27,36,38,44-45,49,51H,12-18,43H2,1-6H3/t23-,27+,36-,38+,40?,41?,42-/m1/s1. The number of hydrogen-bond acceptors (Lipinski definition) is 14. The van der Waals surface area contributed by atoms with Gasteiger partial charge in [0.1, 0.15) is 18.1 Å². The topological polar surface area (TPSA) is 181 Å². The number of nitrogens with two attached hydrogens (primary N) is 1. The van der Waals surface area contributed by atoms with Gasteiger partial charge in [-0.1, -0.05) is 24.3 Å². The number of phenolic OH excluding ortho intramolecular Hbond substituents is 1. The van der Waals surface area contributed by atoms with Gasteiger partial charge in [0.2, 0.25) is 6.79 Å². The van der Waals surface area contributed by atoms with Crippen LogP contribution < -0.4 is 30.0 Å². The van der Waals surface area contributed by atoms with Crippen molar-refractivity contribution in [3.05, 3.63) is 75.0 Å². The van der Waals surface area contributed by atoms with Crippen molar-refractivity contribution in [3.63, 3.8) is 0 Å². The number of nitrogens with one attached hydrogen (secondary N) is 2. The number of aryl methyl sites for hydroxylation is 1. The van der Waals surface area contributed by atoms with Crippen LogP contribution in [-0.4, -0.2) is 101 Å². The summed E-state index contributed by atoms with van der Waals surface area (Å²) in [6.45, 7) is 7.45. The van der Waals surface area contributed by atoms with Crippen LogP contribution in [0.4, 0.5) is 0 Å². The van der Waals surface area contributed by atoms with Crippen LogP contribution in [0.3, 0.4) is 0 Å². The first-order valence-corrected chi connectivity index (χ1v) is 20.4. The molecule has 14 nitrogen and oxygen atoms in total. The summed E-state index contributed by atoms with van der Waals surface area (Å²) >= 11 is 1.51. The minimum Gasteiger partial charge on any atom is -0.504 e. The second-order valence-electron chi connectivity index (χ2n) is 16.6. The minimum atomic E-state index is -1.53. The zero-order valence-corrected chi connectivity index (χ0v) is 33.6. The number of carbonyl (C=O) groups is 2. The Bertz CT molecular complexity index is 2420. The number of aromatic hydroxyl groups is 1. The van der Waals surface area contributed by atoms with Crippen LogP contribution in [0.5, 0.6) is 28.7 Å². The summed E-state index contributed by atoms with van der Waals surface area (Å²) in [5, 5.41) is 29.6. The van der Waals surface area contributed by atoms with E-state index in [1.165, 1.54) is 18.7 Å². The number of ether oxygens (including phenoxy) is 5. The fourth-order valence-electron chi connectivity index (χ4n) is 11.2. The summed E-state index contributed by atoms with van der Waals surface area (Å²) in [4.78, 5) is 35.9. The molecule has 4 aromatic rings. The van der Waals surface area contributed by atoms with Gasteiger partial charge < -0.3 is 44.6 Å². The smallest absolute Gasteiger partial charge is 0.333 e. The Hall–Kier alpha value is -4.51. The minimum absolute atomic E-state index is 0.0126. The molecule has 8 aliphatic heterocycles. The number of likely N-dealkylation sites (N-methyl/N-ethyl adjacent to an activating group) is 1. The van der Waals surface area contributed by atoms with Crippen LogP contribution in [0, 0.1) is 13.8 Å². The van der Waals surface area contributed by atoms with Gasteiger partial charge in [0.05, 0.1) is 35.7 Å². The molecule has 2 fully saturated rings. The van der Waals surface area contributed by atoms with Crippen molar-refractivity contribution in [1.82, 2.24) is 20.1 Å². The van der Waals surface area contributed by atoms with Crippen molar-refractivity contribution < 1.29 is 43.5 Å². The van der Waals surface area contributed by atoms with E-state index in [-0.39, 0.29) is 50.5 Å². The highest BCUT2D eigenvalue weighted by Crippen LogP contribution is 2.66. The Balaban J connectivity index is 1.28. The number of piperazine rings is 1. The first-order chi connectivity index (χ1) is 27.3. The summed E-state index contributed by atoms with van der Waals surface area (Å²) < 4.78 is 30.9. The molecule has 9 heterocycles. The zero-order valence-electron chi connectivity index (χ0n) is 32.8. The highest BCUT2D eigenvalue weighted by molar-refractivity contribution is 7.99. The first kappa shape index (κ1) is 36.8. The summed E-state index contributed by atoms with van der Waals surface area (Å²) in [6, 6.07) is 8.36. The highest BCUT2D eigenvalue weighted by Gasteiger charge is 2.67. The lowest BCUT2D eigenvalue weighted by Crippen LogP contribution is -2.75. The number of esters is 2. The number of thioether (sulfide) groups is 1. The predicted octanol–water partition coefficient (Wildman–Crippen LogP) is 3.68. The van der Waals surface area contributed by atoms with Gasteiger partial charge in [-0.05, 0) is 57.0 Å². The van der Waals surface area contributed by atoms with Gasteiger partial charge in [0.25, 0.3) is 0 Å². The van der Waals surface area contributed by atoms with Crippen molar-refractivity contribution in [2.75, 3.05) is 46.4 Å². The van der Waals surface area contributed by atoms with Crippen molar-refractivity contribution in [3.8, 4) is 28.7 Å². The molecule has 0 saturated carbocycles. The number of aliphatic hydroxyl groups is 1. The number of para-hydroxylation sites is 1. The van der Waals surface area contributed by atoms with Gasteiger partial charge in [0, 0.05) is 71.4 Å². The van der Waals surface area contributed by atoms with E-state index in [9.17, 15) is 15.0 Å². The second kappa shape index (κ2) is 12.5. The van der Waals surface area contributed by atoms with E-state index >= 15 is 4.79 Å². The molecule has 300 valence electrons. The maximum Gasteiger partial charge on any atom is 0.333 e. The fourth-order valence-corrected chi connectivity index (χ4v) is 13.0. The molecule has 15 heteroatoms. The van der Waals surface area contributed by atoms with Crippen LogP contribution in [-0.2, 0) is 38.2 Å². The largest absolute Gasteiger partial charge is 0.504 e. The van der Waals surface area contributed by atoms with Crippen molar-refractivity contribution in [1.29, 1.82) is 0 Å². The number of aromatic amines is 1. The SMILES string of the molecule is COc1c(C)cc2c(c1O)C1(C)[C@@H]3[C@@H]4SC[C@]5(N[C@@H](CN)Cc6c5[nH]c5ccccc65)C(=O)OC[C@@H](c5c6c(c(C)c(OC(C)=O)c54)OCO6)N3C(O)(C2)CN1C. The quantitative estimate of drug-likeness (QED) is 0.150. The molecular formula is C42H47N5O9S. The number of H-pyrrole nitrogens is 1. The molecule has 0 amide bonds. The number of aromatic nitrogens is 1. The van der Waals surface area contributed by atoms with Crippen LogP contribution >= 0.6 is 11.8 Å². The number of phenols is 1. The Morgan fingerprint density at radius 3 is 2.67 bits per heavy atom. The monoisotopic (exact) mass is 797 g/mol. The summed E-state index contributed by atoms with van der Waals surface area (Å²) in [5.74, 6) is 0.824. The van der Waals surface area contributed by atoms with Crippen LogP contribution in [0.2, 0.25) is 0 Å². The van der Waals surface area contributed by atoms with Crippen LogP contribution in [0.15, 0.2) is 30.3 Å². The average molecular weight is 798 g/mol. The number of rotatable bonds is 3. The molecule has 4 bridgehead atoms. The molecule has 0 aliphatic carbocycles. The molecule has 1 aromatic heterocycles. The molecule has 3 aromatic carbocycles. The highest BCUT2D eigenvalue weighted by atomic mass is 32.2. The number of carbonyl (C=O) groups excluding carboxylic acids is 2. The van der Waals surface area contributed by atoms with E-state index in [1.807, 2.05) is 45.2 Å². The van der Waals surface area contributed by atoms with E-state index in [4.69, 9.17) is 29.4 Å². The third-order valence-electron chi connectivity index (χ3n) is 13.5. The Kier molecular flexibility index (Phi) is 8.07. The van der Waals surface area contributed by atoms with Gasteiger partial charge in [0.15, 0.2) is 28.5 Å². The molecule has 2 saturated heterocycles. The zero-order chi connectivity index (χ0) is 39.9. The summed E-state index contributed by atoms with van der Waals surface area (Å²) in [5.41, 5.74) is 9.29. The average Bonchev–Trinajstić information content (AvgIpc) is 3.78. The lowest BCUT2D eigenvalue weighted by atomic mass is 9.71. The second-order valence-corrected chi connectivity index (χ2v) is 17.8. The molecule has 6 N–H and O–H groups in total. The van der Waals surface area contributed by atoms with Crippen molar-refractivity contribution >= 4 is 34.6 Å². The molecule has 12 rings (SSSR count). The lowest BCUT2D eigenvalue weighted by molar-refractivity contribution is -0.234. The van der Waals surface area contributed by atoms with E-state index in [1.54, 1.807) is 7.11 Å². The third kappa shape index (κ3) is 4.78. The molecule has 1 spiro atoms. The summed E-state index contributed by atoms with van der Waals surface area (Å²) in [6.07, 6.45) is 0.784. The number of nitrogens with zero attached hydrogens (tertiary/aromatic N) is 2. The Morgan fingerprint density at radius 1 is 1.14 bits per heavy atom. The number of fused-ring (bicyclic) bond motifs is 8. The van der Waals surface area contributed by atoms with Crippen LogP contribution in [0.25, 0.3) is 10.9 Å². The molecular weight excluding hydrogens is 751 g/mol. The fraction of sp³-hybridized carbons (Fsp3) is 0.476. The molecule has 8 aliphatic rings. The van der Waals surface area contributed by atoms with Gasteiger partial charge in [-0.25, -0.2) is 4.79 Å². The Labute approximate surface area is 333 Å². The maximum absolute atomic E-state index is 15.1. The number of methoxy groups -OCH3 is 1. The van der Waals surface area contributed by atoms with Crippen LogP contribution in [0.1, 0.15) is 69.8 Å². The molecule has 8 atom stereocenters. The van der Waals surface area contributed by atoms with E-state index < -0.39 is 46.1 Å². The Morgan fingerprint density at radius 2 is 1.91 bits per heavy atom. The van der Waals surface area contributed by atoms with E-state index in [2.05, 4.69) is 33.1 Å². The summed E-state index contributed by atoms with van der Waals surface area (Å²) in [7, 11) is 3.51. The number of hydrogen-bond donors (Lipinski definition) is 5. The maximum atomic E-state index is 15.1. The van der Waals surface area contributed by atoms with E-state index in [0.29, 0.717) is 51.7 Å². The van der Waals surface area contributed by atoms with Gasteiger partial charge in [-0.15, -0.1) is 11.8 Å². The van der Waals surface area contributed by atoms with Crippen molar-refractivity contribution in [2.45, 2.75) is 80.7 Å². The van der Waals surface area contributed by atoms with Gasteiger partial charge >= 0.3 is 11.9 Å². The normalized spacial score (nSPS) is 32.3. The van der Waals surface area contributed by atoms with Gasteiger partial charge in [-0.3, -0.25) is 19.9 Å². The van der Waals surface area contributed by atoms with E-state index in [0.717, 1.165) is 33.3 Å². The van der Waals surface area contributed by atoms with Gasteiger partial charge in [-0.2, -0.15) is 0 Å². The third-order valence-corrected chi connectivity index (χ3v) is 15.0. The number of benzene rings is 3. The van der Waals surface area contributed by atoms with Crippen molar-refractivity contribution in [2.24, 2.45) is 5.73 Å². The lowest BCUT2D eigenvalue weighted by Gasteiger charge is -2.64. The predicted molar refractivity (Wildman–Crippen MR) is 211 cm³/mol.